The number of anilines is 2. The Labute approximate surface area is 198 Å². The number of nitrogens with zero attached hydrogens (tertiary/aromatic N) is 7. The number of nitrogens with one attached hydrogen (secondary N) is 1. The van der Waals surface area contributed by atoms with Gasteiger partial charge in [-0.1, -0.05) is 12.1 Å². The number of hydrogen-bond donors (Lipinski definition) is 1. The van der Waals surface area contributed by atoms with Crippen molar-refractivity contribution in [1.82, 2.24) is 29.5 Å². The van der Waals surface area contributed by atoms with Crippen LogP contribution in [0.25, 0.3) is 17.1 Å². The molecule has 9 nitrogen and oxygen atoms in total. The van der Waals surface area contributed by atoms with E-state index in [4.69, 9.17) is 15.1 Å². The Bertz CT molecular complexity index is 1390. The molecule has 1 aliphatic rings. The summed E-state index contributed by atoms with van der Waals surface area (Å²) in [7, 11) is 1.64. The first-order valence-electron chi connectivity index (χ1n) is 11.3. The Morgan fingerprint density at radius 1 is 1.12 bits per heavy atom. The molecule has 0 atom stereocenters. The molecule has 1 aliphatic carbocycles. The second-order valence-electron chi connectivity index (χ2n) is 8.64. The predicted molar refractivity (Wildman–Crippen MR) is 128 cm³/mol. The lowest BCUT2D eigenvalue weighted by Crippen LogP contribution is -2.09. The molecule has 0 radical (unpaired) electrons. The summed E-state index contributed by atoms with van der Waals surface area (Å²) in [5.74, 6) is 3.61. The van der Waals surface area contributed by atoms with Crippen LogP contribution in [0.5, 0.6) is 5.75 Å². The third-order valence-electron chi connectivity index (χ3n) is 6.15. The fraction of sp³-hybridized carbons (Fsp3) is 0.320. The number of ether oxygens (including phenoxy) is 1. The van der Waals surface area contributed by atoms with Crippen molar-refractivity contribution in [3.63, 3.8) is 0 Å². The van der Waals surface area contributed by atoms with Crippen LogP contribution in [0.15, 0.2) is 36.7 Å². The number of aromatic nitrogens is 6. The molecule has 1 fully saturated rings. The van der Waals surface area contributed by atoms with Gasteiger partial charge in [0, 0.05) is 23.7 Å². The summed E-state index contributed by atoms with van der Waals surface area (Å²) in [5.41, 5.74) is 5.21. The normalized spacial score (nSPS) is 13.0. The molecule has 0 amide bonds. The molecule has 9 heteroatoms. The molecule has 1 saturated carbocycles. The van der Waals surface area contributed by atoms with Crippen LogP contribution in [0.3, 0.4) is 0 Å². The molecule has 1 N–H and O–H groups in total. The Kier molecular flexibility index (Phi) is 5.49. The Balaban J connectivity index is 1.51. The van der Waals surface area contributed by atoms with Gasteiger partial charge in [0.15, 0.2) is 11.6 Å². The molecular formula is C25H26N8O. The number of rotatable bonds is 7. The average Bonchev–Trinajstić information content (AvgIpc) is 3.56. The van der Waals surface area contributed by atoms with Gasteiger partial charge in [0.25, 0.3) is 0 Å². The summed E-state index contributed by atoms with van der Waals surface area (Å²) in [6.07, 6.45) is 3.98. The number of aryl methyl sites for hydroxylation is 1. The fourth-order valence-corrected chi connectivity index (χ4v) is 4.16. The second kappa shape index (κ2) is 8.63. The van der Waals surface area contributed by atoms with Crippen molar-refractivity contribution in [2.24, 2.45) is 5.92 Å². The van der Waals surface area contributed by atoms with Gasteiger partial charge in [-0.05, 0) is 51.7 Å². The Morgan fingerprint density at radius 2 is 1.88 bits per heavy atom. The zero-order chi connectivity index (χ0) is 23.8. The van der Waals surface area contributed by atoms with Crippen LogP contribution < -0.4 is 10.1 Å². The van der Waals surface area contributed by atoms with Crippen LogP contribution >= 0.6 is 0 Å². The predicted octanol–water partition coefficient (Wildman–Crippen LogP) is 4.48. The average molecular weight is 455 g/mol. The minimum Gasteiger partial charge on any atom is -0.493 e. The highest BCUT2D eigenvalue weighted by atomic mass is 16.5. The number of nitriles is 1. The Hall–Kier alpha value is -4.19. The summed E-state index contributed by atoms with van der Waals surface area (Å²) >= 11 is 0. The minimum atomic E-state index is 0.631. The van der Waals surface area contributed by atoms with Crippen LogP contribution in [-0.2, 0) is 6.54 Å². The lowest BCUT2D eigenvalue weighted by Gasteiger charge is -2.11. The van der Waals surface area contributed by atoms with Gasteiger partial charge in [0.2, 0.25) is 0 Å². The molecule has 0 aliphatic heterocycles. The van der Waals surface area contributed by atoms with Gasteiger partial charge in [-0.2, -0.15) is 15.5 Å². The highest BCUT2D eigenvalue weighted by Crippen LogP contribution is 2.35. The third-order valence-corrected chi connectivity index (χ3v) is 6.15. The van der Waals surface area contributed by atoms with E-state index in [0.29, 0.717) is 23.1 Å². The van der Waals surface area contributed by atoms with E-state index >= 15 is 0 Å². The van der Waals surface area contributed by atoms with E-state index in [1.165, 1.54) is 19.2 Å². The van der Waals surface area contributed by atoms with E-state index in [2.05, 4.69) is 33.4 Å². The largest absolute Gasteiger partial charge is 0.493 e. The molecule has 4 aromatic rings. The molecule has 172 valence electrons. The van der Waals surface area contributed by atoms with E-state index in [9.17, 15) is 0 Å². The van der Waals surface area contributed by atoms with Gasteiger partial charge in [-0.25, -0.2) is 19.3 Å². The van der Waals surface area contributed by atoms with Crippen molar-refractivity contribution in [2.75, 3.05) is 12.4 Å². The fourth-order valence-electron chi connectivity index (χ4n) is 4.16. The summed E-state index contributed by atoms with van der Waals surface area (Å²) in [4.78, 5) is 8.87. The first-order valence-corrected chi connectivity index (χ1v) is 11.3. The van der Waals surface area contributed by atoms with Crippen LogP contribution in [0.1, 0.15) is 35.4 Å². The van der Waals surface area contributed by atoms with E-state index in [-0.39, 0.29) is 0 Å². The molecular weight excluding hydrogens is 428 g/mol. The Morgan fingerprint density at radius 3 is 2.53 bits per heavy atom. The van der Waals surface area contributed by atoms with E-state index in [1.54, 1.807) is 11.8 Å². The molecule has 1 aromatic carbocycles. The van der Waals surface area contributed by atoms with Crippen molar-refractivity contribution >= 4 is 11.6 Å². The van der Waals surface area contributed by atoms with Crippen molar-refractivity contribution < 1.29 is 4.74 Å². The number of benzene rings is 1. The highest BCUT2D eigenvalue weighted by molar-refractivity contribution is 5.72. The van der Waals surface area contributed by atoms with Crippen LogP contribution in [0.2, 0.25) is 0 Å². The lowest BCUT2D eigenvalue weighted by molar-refractivity contribution is 0.408. The molecule has 34 heavy (non-hydrogen) atoms. The highest BCUT2D eigenvalue weighted by Gasteiger charge is 2.26. The molecule has 3 aromatic heterocycles. The van der Waals surface area contributed by atoms with Crippen LogP contribution in [0.4, 0.5) is 11.6 Å². The van der Waals surface area contributed by atoms with Gasteiger partial charge >= 0.3 is 0 Å². The molecule has 3 heterocycles. The zero-order valence-corrected chi connectivity index (χ0v) is 19.7. The third kappa shape index (κ3) is 3.99. The van der Waals surface area contributed by atoms with Gasteiger partial charge in [0.1, 0.15) is 23.7 Å². The van der Waals surface area contributed by atoms with Gasteiger partial charge in [-0.3, -0.25) is 0 Å². The van der Waals surface area contributed by atoms with E-state index < -0.39 is 0 Å². The van der Waals surface area contributed by atoms with Crippen LogP contribution in [0, 0.1) is 38.0 Å². The summed E-state index contributed by atoms with van der Waals surface area (Å²) in [5, 5.41) is 22.1. The molecule has 0 spiro atoms. The minimum absolute atomic E-state index is 0.631. The van der Waals surface area contributed by atoms with Crippen molar-refractivity contribution in [2.45, 2.75) is 40.2 Å². The van der Waals surface area contributed by atoms with E-state index in [1.807, 2.05) is 48.9 Å². The monoisotopic (exact) mass is 454 g/mol. The SMILES string of the molecule is COc1c(C)nn(-c2cc(Nc3c(C)c(-c4ccc(C#N)cc4)nn3CC3CC3)ncn2)c1C. The summed E-state index contributed by atoms with van der Waals surface area (Å²) < 4.78 is 9.26. The van der Waals surface area contributed by atoms with Crippen molar-refractivity contribution in [3.8, 4) is 28.9 Å². The van der Waals surface area contributed by atoms with Crippen molar-refractivity contribution in [1.29, 1.82) is 5.26 Å². The molecule has 0 bridgehead atoms. The number of hydrogen-bond acceptors (Lipinski definition) is 7. The van der Waals surface area contributed by atoms with Gasteiger partial charge < -0.3 is 10.1 Å². The van der Waals surface area contributed by atoms with Gasteiger partial charge in [-0.15, -0.1) is 0 Å². The van der Waals surface area contributed by atoms with Gasteiger partial charge in [0.05, 0.1) is 30.1 Å². The molecule has 0 saturated heterocycles. The standard InChI is InChI=1S/C25H26N8O/c1-15-23(20-9-7-18(12-26)8-10-20)31-32(13-19-5-6-19)25(15)29-21-11-22(28-14-27-21)33-17(3)24(34-4)16(2)30-33/h7-11,14,19H,5-6,13H2,1-4H3,(H,27,28,29). The maximum Gasteiger partial charge on any atom is 0.163 e. The second-order valence-corrected chi connectivity index (χ2v) is 8.64. The van der Waals surface area contributed by atoms with E-state index in [0.717, 1.165) is 46.3 Å². The summed E-state index contributed by atoms with van der Waals surface area (Å²) in [6.45, 7) is 6.77. The van der Waals surface area contributed by atoms with Crippen molar-refractivity contribution in [3.05, 3.63) is 59.2 Å². The maximum absolute atomic E-state index is 9.12. The first kappa shape index (κ1) is 21.6. The zero-order valence-electron chi connectivity index (χ0n) is 19.7. The lowest BCUT2D eigenvalue weighted by atomic mass is 10.1. The quantitative estimate of drug-likeness (QED) is 0.439. The smallest absolute Gasteiger partial charge is 0.163 e. The van der Waals surface area contributed by atoms with Crippen LogP contribution in [-0.4, -0.2) is 36.6 Å². The first-order chi connectivity index (χ1) is 16.5. The summed E-state index contributed by atoms with van der Waals surface area (Å²) in [6, 6.07) is 11.6. The maximum atomic E-state index is 9.12. The topological polar surface area (TPSA) is 106 Å². The number of methoxy groups -OCH3 is 1. The molecule has 5 rings (SSSR count). The molecule has 0 unspecified atom stereocenters.